The van der Waals surface area contributed by atoms with Crippen molar-refractivity contribution in [2.75, 3.05) is 19.6 Å². The first kappa shape index (κ1) is 20.6. The van der Waals surface area contributed by atoms with Gasteiger partial charge >= 0.3 is 0 Å². The Bertz CT molecular complexity index is 635. The van der Waals surface area contributed by atoms with Gasteiger partial charge in [0.25, 0.3) is 0 Å². The number of piperidine rings is 1. The van der Waals surface area contributed by atoms with Crippen LogP contribution in [0, 0.1) is 12.7 Å². The van der Waals surface area contributed by atoms with E-state index in [1.807, 2.05) is 6.92 Å². The zero-order valence-electron chi connectivity index (χ0n) is 13.3. The SMILES string of the molecule is CCCN(C1CCNCC1)S(=O)(=O)c1cc(C)c(F)cc1Cl.Cl. The van der Waals surface area contributed by atoms with Crippen LogP contribution in [0.2, 0.25) is 5.02 Å². The third-order valence-electron chi connectivity index (χ3n) is 3.96. The summed E-state index contributed by atoms with van der Waals surface area (Å²) in [7, 11) is -3.73. The quantitative estimate of drug-likeness (QED) is 0.846. The Hall–Kier alpha value is -0.400. The smallest absolute Gasteiger partial charge is 0.244 e. The summed E-state index contributed by atoms with van der Waals surface area (Å²) in [6.07, 6.45) is 2.27. The van der Waals surface area contributed by atoms with Crippen molar-refractivity contribution in [1.82, 2.24) is 9.62 Å². The minimum absolute atomic E-state index is 0. The highest BCUT2D eigenvalue weighted by molar-refractivity contribution is 7.89. The first-order valence-corrected chi connectivity index (χ1v) is 9.38. The molecular weight excluding hydrogens is 362 g/mol. The molecule has 4 nitrogen and oxygen atoms in total. The molecule has 2 rings (SSSR count). The van der Waals surface area contributed by atoms with Crippen LogP contribution in [0.25, 0.3) is 0 Å². The average Bonchev–Trinajstić information content (AvgIpc) is 2.49. The number of rotatable bonds is 5. The standard InChI is InChI=1S/C15H22ClFN2O2S.ClH/c1-3-8-19(12-4-6-18-7-5-12)22(20,21)15-9-11(2)14(17)10-13(15)16;/h9-10,12,18H,3-8H2,1-2H3;1H. The van der Waals surface area contributed by atoms with Gasteiger partial charge < -0.3 is 5.32 Å². The summed E-state index contributed by atoms with van der Waals surface area (Å²) in [5.74, 6) is -0.493. The molecule has 0 saturated carbocycles. The van der Waals surface area contributed by atoms with Gasteiger partial charge in [-0.25, -0.2) is 12.8 Å². The van der Waals surface area contributed by atoms with E-state index in [-0.39, 0.29) is 33.9 Å². The van der Waals surface area contributed by atoms with E-state index in [9.17, 15) is 12.8 Å². The van der Waals surface area contributed by atoms with Gasteiger partial charge in [0.1, 0.15) is 10.7 Å². The maximum Gasteiger partial charge on any atom is 0.244 e. The van der Waals surface area contributed by atoms with Crippen LogP contribution < -0.4 is 5.32 Å². The molecule has 0 aliphatic carbocycles. The highest BCUT2D eigenvalue weighted by Gasteiger charge is 2.33. The summed E-state index contributed by atoms with van der Waals surface area (Å²) in [6, 6.07) is 2.38. The molecule has 1 heterocycles. The van der Waals surface area contributed by atoms with Crippen LogP contribution in [0.3, 0.4) is 0 Å². The first-order chi connectivity index (χ1) is 10.4. The Balaban J connectivity index is 0.00000264. The largest absolute Gasteiger partial charge is 0.317 e. The molecule has 0 spiro atoms. The van der Waals surface area contributed by atoms with E-state index >= 15 is 0 Å². The van der Waals surface area contributed by atoms with Gasteiger partial charge in [-0.1, -0.05) is 18.5 Å². The first-order valence-electron chi connectivity index (χ1n) is 7.56. The van der Waals surface area contributed by atoms with Crippen molar-refractivity contribution in [3.05, 3.63) is 28.5 Å². The Labute approximate surface area is 148 Å². The molecule has 23 heavy (non-hydrogen) atoms. The van der Waals surface area contributed by atoms with E-state index in [0.29, 0.717) is 6.54 Å². The van der Waals surface area contributed by atoms with Crippen LogP contribution in [-0.2, 0) is 10.0 Å². The lowest BCUT2D eigenvalue weighted by atomic mass is 10.1. The zero-order chi connectivity index (χ0) is 16.3. The molecule has 1 fully saturated rings. The molecule has 1 aliphatic heterocycles. The molecule has 1 saturated heterocycles. The molecule has 1 aromatic rings. The second kappa shape index (κ2) is 8.62. The van der Waals surface area contributed by atoms with Crippen LogP contribution in [0.1, 0.15) is 31.7 Å². The number of sulfonamides is 1. The van der Waals surface area contributed by atoms with Gasteiger partial charge in [-0.2, -0.15) is 4.31 Å². The van der Waals surface area contributed by atoms with Crippen molar-refractivity contribution in [2.24, 2.45) is 0 Å². The van der Waals surface area contributed by atoms with E-state index in [1.165, 1.54) is 10.4 Å². The van der Waals surface area contributed by atoms with Crippen LogP contribution in [0.4, 0.5) is 4.39 Å². The number of nitrogens with one attached hydrogen (secondary N) is 1. The summed E-state index contributed by atoms with van der Waals surface area (Å²) in [5.41, 5.74) is 0.282. The van der Waals surface area contributed by atoms with Gasteiger partial charge in [0.05, 0.1) is 5.02 Å². The monoisotopic (exact) mass is 384 g/mol. The van der Waals surface area contributed by atoms with Gasteiger partial charge in [-0.15, -0.1) is 12.4 Å². The fourth-order valence-corrected chi connectivity index (χ4v) is 5.12. The summed E-state index contributed by atoms with van der Waals surface area (Å²) >= 11 is 6.01. The maximum absolute atomic E-state index is 13.6. The molecule has 0 aromatic heterocycles. The topological polar surface area (TPSA) is 49.4 Å². The molecule has 0 atom stereocenters. The summed E-state index contributed by atoms with van der Waals surface area (Å²) in [5, 5.41) is 3.18. The maximum atomic E-state index is 13.6. The van der Waals surface area contributed by atoms with Gasteiger partial charge in [0.2, 0.25) is 10.0 Å². The highest BCUT2D eigenvalue weighted by atomic mass is 35.5. The second-order valence-electron chi connectivity index (χ2n) is 5.63. The minimum atomic E-state index is -3.73. The number of nitrogens with zero attached hydrogens (tertiary/aromatic N) is 1. The molecule has 132 valence electrons. The summed E-state index contributed by atoms with van der Waals surface area (Å²) in [4.78, 5) is 0.0000457. The lowest BCUT2D eigenvalue weighted by molar-refractivity contribution is 0.262. The van der Waals surface area contributed by atoms with Crippen molar-refractivity contribution in [3.63, 3.8) is 0 Å². The van der Waals surface area contributed by atoms with Crippen LogP contribution in [-0.4, -0.2) is 38.4 Å². The predicted molar refractivity (Wildman–Crippen MR) is 93.5 cm³/mol. The summed E-state index contributed by atoms with van der Waals surface area (Å²) < 4.78 is 41.1. The normalized spacial score (nSPS) is 16.4. The van der Waals surface area contributed by atoms with Crippen molar-refractivity contribution in [2.45, 2.75) is 44.0 Å². The fraction of sp³-hybridized carbons (Fsp3) is 0.600. The number of halogens is 3. The van der Waals surface area contributed by atoms with Crippen LogP contribution in [0.15, 0.2) is 17.0 Å². The third-order valence-corrected chi connectivity index (χ3v) is 6.38. The number of aryl methyl sites for hydroxylation is 1. The van der Waals surface area contributed by atoms with E-state index in [4.69, 9.17) is 11.6 Å². The van der Waals surface area contributed by atoms with E-state index < -0.39 is 15.8 Å². The van der Waals surface area contributed by atoms with E-state index in [2.05, 4.69) is 5.32 Å². The Morgan fingerprint density at radius 1 is 1.35 bits per heavy atom. The minimum Gasteiger partial charge on any atom is -0.317 e. The predicted octanol–water partition coefficient (Wildman–Crippen LogP) is 3.36. The van der Waals surface area contributed by atoms with Crippen LogP contribution in [0.5, 0.6) is 0 Å². The molecule has 1 aromatic carbocycles. The van der Waals surface area contributed by atoms with Crippen molar-refractivity contribution < 1.29 is 12.8 Å². The number of benzene rings is 1. The highest BCUT2D eigenvalue weighted by Crippen LogP contribution is 2.30. The summed E-state index contributed by atoms with van der Waals surface area (Å²) in [6.45, 7) is 5.54. The van der Waals surface area contributed by atoms with Gasteiger partial charge in [-0.05, 0) is 57.0 Å². The van der Waals surface area contributed by atoms with E-state index in [1.54, 1.807) is 6.92 Å². The van der Waals surface area contributed by atoms with Crippen molar-refractivity contribution >= 4 is 34.0 Å². The molecule has 0 unspecified atom stereocenters. The van der Waals surface area contributed by atoms with Gasteiger partial charge in [-0.3, -0.25) is 0 Å². The Morgan fingerprint density at radius 3 is 2.52 bits per heavy atom. The lowest BCUT2D eigenvalue weighted by Crippen LogP contribution is -2.46. The third kappa shape index (κ3) is 4.57. The van der Waals surface area contributed by atoms with E-state index in [0.717, 1.165) is 38.4 Å². The zero-order valence-corrected chi connectivity index (χ0v) is 15.7. The molecule has 8 heteroatoms. The van der Waals surface area contributed by atoms with Crippen molar-refractivity contribution in [1.29, 1.82) is 0 Å². The lowest BCUT2D eigenvalue weighted by Gasteiger charge is -2.33. The van der Waals surface area contributed by atoms with Crippen molar-refractivity contribution in [3.8, 4) is 0 Å². The molecule has 1 N–H and O–H groups in total. The Kier molecular flexibility index (Phi) is 7.74. The number of hydrogen-bond donors (Lipinski definition) is 1. The van der Waals surface area contributed by atoms with Gasteiger partial charge in [0, 0.05) is 12.6 Å². The van der Waals surface area contributed by atoms with Crippen LogP contribution >= 0.6 is 24.0 Å². The number of hydrogen-bond acceptors (Lipinski definition) is 3. The Morgan fingerprint density at radius 2 is 1.96 bits per heavy atom. The fourth-order valence-electron chi connectivity index (χ4n) is 2.77. The molecule has 0 radical (unpaired) electrons. The second-order valence-corrected chi connectivity index (χ2v) is 7.89. The molecular formula is C15H23Cl2FN2O2S. The van der Waals surface area contributed by atoms with Gasteiger partial charge in [0.15, 0.2) is 0 Å². The average molecular weight is 385 g/mol. The molecule has 1 aliphatic rings. The molecule has 0 amide bonds. The molecule has 0 bridgehead atoms.